The van der Waals surface area contributed by atoms with Crippen molar-refractivity contribution in [2.75, 3.05) is 10.5 Å². The van der Waals surface area contributed by atoms with Gasteiger partial charge in [0.25, 0.3) is 10.0 Å². The summed E-state index contributed by atoms with van der Waals surface area (Å²) in [7, 11) is -3.86. The van der Waals surface area contributed by atoms with Crippen LogP contribution in [0.15, 0.2) is 17.0 Å². The Morgan fingerprint density at radius 2 is 1.95 bits per heavy atom. The van der Waals surface area contributed by atoms with Crippen LogP contribution in [-0.2, 0) is 10.0 Å². The number of aromatic nitrogens is 2. The minimum absolute atomic E-state index is 0.103. The number of aromatic amines is 1. The van der Waals surface area contributed by atoms with Crippen molar-refractivity contribution in [2.24, 2.45) is 0 Å². The average molecular weight is 298 g/mol. The van der Waals surface area contributed by atoms with E-state index in [0.29, 0.717) is 5.56 Å². The number of H-pyrrole nitrogens is 1. The summed E-state index contributed by atoms with van der Waals surface area (Å²) in [4.78, 5) is -0.103. The van der Waals surface area contributed by atoms with Gasteiger partial charge in [-0.05, 0) is 38.5 Å². The minimum Gasteiger partial charge on any atom is -0.396 e. The highest BCUT2D eigenvalue weighted by atomic mass is 32.2. The second-order valence-electron chi connectivity index (χ2n) is 4.57. The third-order valence-corrected chi connectivity index (χ3v) is 4.37. The zero-order valence-electron chi connectivity index (χ0n) is 11.3. The second-order valence-corrected chi connectivity index (χ2v) is 6.25. The summed E-state index contributed by atoms with van der Waals surface area (Å²) >= 11 is 0. The van der Waals surface area contributed by atoms with E-state index >= 15 is 0 Å². The molecule has 0 aliphatic heterocycles. The molecule has 1 aromatic heterocycles. The lowest BCUT2D eigenvalue weighted by Crippen LogP contribution is -2.15. The molecule has 0 saturated heterocycles. The lowest BCUT2D eigenvalue weighted by molar-refractivity contribution is 0.599. The van der Waals surface area contributed by atoms with Gasteiger partial charge in [0.05, 0.1) is 10.6 Å². The molecular weight excluding hydrogens is 283 g/mol. The van der Waals surface area contributed by atoms with Crippen molar-refractivity contribution in [3.05, 3.63) is 34.8 Å². The molecule has 6 nitrogen and oxygen atoms in total. The van der Waals surface area contributed by atoms with E-state index in [2.05, 4.69) is 14.9 Å². The largest absolute Gasteiger partial charge is 0.396 e. The van der Waals surface area contributed by atoms with Gasteiger partial charge in [0.15, 0.2) is 5.82 Å². The summed E-state index contributed by atoms with van der Waals surface area (Å²) in [6.07, 6.45) is 0. The van der Waals surface area contributed by atoms with E-state index in [4.69, 9.17) is 5.73 Å². The van der Waals surface area contributed by atoms with Crippen LogP contribution in [0, 0.1) is 26.6 Å². The Hall–Kier alpha value is -2.09. The summed E-state index contributed by atoms with van der Waals surface area (Å²) in [5, 5.41) is 6.55. The standard InChI is InChI=1S/C12H15FN4O2S/c1-6-4-9(5-10(14)11(6)13)20(18,19)17-12-7(2)8(3)15-16-12/h4-5H,14H2,1-3H3,(H2,15,16,17). The quantitative estimate of drug-likeness (QED) is 0.753. The third-order valence-electron chi connectivity index (χ3n) is 3.05. The fourth-order valence-corrected chi connectivity index (χ4v) is 2.87. The molecule has 0 aliphatic rings. The monoisotopic (exact) mass is 298 g/mol. The van der Waals surface area contributed by atoms with E-state index in [9.17, 15) is 12.8 Å². The van der Waals surface area contributed by atoms with Crippen LogP contribution in [0.25, 0.3) is 0 Å². The van der Waals surface area contributed by atoms with Gasteiger partial charge < -0.3 is 5.73 Å². The number of aryl methyl sites for hydroxylation is 2. The van der Waals surface area contributed by atoms with Crippen molar-refractivity contribution in [2.45, 2.75) is 25.7 Å². The number of rotatable bonds is 3. The van der Waals surface area contributed by atoms with Crippen LogP contribution in [0.1, 0.15) is 16.8 Å². The molecule has 1 heterocycles. The number of hydrogen-bond acceptors (Lipinski definition) is 4. The van der Waals surface area contributed by atoms with Crippen molar-refractivity contribution in [3.63, 3.8) is 0 Å². The molecular formula is C12H15FN4O2S. The Labute approximate surface area is 116 Å². The van der Waals surface area contributed by atoms with Gasteiger partial charge in [0.2, 0.25) is 0 Å². The molecule has 0 fully saturated rings. The normalized spacial score (nSPS) is 11.6. The zero-order chi connectivity index (χ0) is 15.1. The van der Waals surface area contributed by atoms with Crippen LogP contribution in [-0.4, -0.2) is 18.6 Å². The maximum absolute atomic E-state index is 13.4. The summed E-state index contributed by atoms with van der Waals surface area (Å²) in [5.41, 5.74) is 6.87. The van der Waals surface area contributed by atoms with Crippen molar-refractivity contribution in [1.82, 2.24) is 10.2 Å². The molecule has 1 aromatic carbocycles. The summed E-state index contributed by atoms with van der Waals surface area (Å²) < 4.78 is 40.3. The van der Waals surface area contributed by atoms with Gasteiger partial charge in [-0.25, -0.2) is 12.8 Å². The molecule has 4 N–H and O–H groups in total. The SMILES string of the molecule is Cc1cc(S(=O)(=O)Nc2n[nH]c(C)c2C)cc(N)c1F. The van der Waals surface area contributed by atoms with Gasteiger partial charge in [0.1, 0.15) is 5.82 Å². The van der Waals surface area contributed by atoms with Crippen molar-refractivity contribution in [1.29, 1.82) is 0 Å². The van der Waals surface area contributed by atoms with E-state index in [-0.39, 0.29) is 22.0 Å². The number of nitrogens with one attached hydrogen (secondary N) is 2. The van der Waals surface area contributed by atoms with E-state index in [0.717, 1.165) is 11.8 Å². The molecule has 0 spiro atoms. The predicted molar refractivity (Wildman–Crippen MR) is 74.4 cm³/mol. The smallest absolute Gasteiger partial charge is 0.263 e. The second kappa shape index (κ2) is 4.78. The van der Waals surface area contributed by atoms with Gasteiger partial charge in [-0.2, -0.15) is 5.10 Å². The predicted octanol–water partition coefficient (Wildman–Crippen LogP) is 1.86. The maximum Gasteiger partial charge on any atom is 0.263 e. The first-order chi connectivity index (χ1) is 9.22. The number of anilines is 2. The minimum atomic E-state index is -3.86. The molecule has 8 heteroatoms. The molecule has 0 aliphatic carbocycles. The van der Waals surface area contributed by atoms with E-state index < -0.39 is 15.8 Å². The maximum atomic E-state index is 13.4. The topological polar surface area (TPSA) is 101 Å². The molecule has 0 unspecified atom stereocenters. The van der Waals surface area contributed by atoms with Crippen LogP contribution < -0.4 is 10.5 Å². The molecule has 2 rings (SSSR count). The summed E-state index contributed by atoms with van der Waals surface area (Å²) in [6.45, 7) is 4.97. The average Bonchev–Trinajstić information content (AvgIpc) is 2.67. The highest BCUT2D eigenvalue weighted by Gasteiger charge is 2.20. The number of halogens is 1. The fourth-order valence-electron chi connectivity index (χ4n) is 1.69. The number of nitrogen functional groups attached to an aromatic ring is 1. The van der Waals surface area contributed by atoms with Crippen LogP contribution in [0.5, 0.6) is 0 Å². The molecule has 0 amide bonds. The van der Waals surface area contributed by atoms with Crippen molar-refractivity contribution >= 4 is 21.5 Å². The Kier molecular flexibility index (Phi) is 3.43. The van der Waals surface area contributed by atoms with Crippen LogP contribution >= 0.6 is 0 Å². The molecule has 0 saturated carbocycles. The van der Waals surface area contributed by atoms with Crippen molar-refractivity contribution < 1.29 is 12.8 Å². The van der Waals surface area contributed by atoms with Crippen LogP contribution in [0.2, 0.25) is 0 Å². The highest BCUT2D eigenvalue weighted by Crippen LogP contribution is 2.23. The number of sulfonamides is 1. The fraction of sp³-hybridized carbons (Fsp3) is 0.250. The Balaban J connectivity index is 2.43. The van der Waals surface area contributed by atoms with Crippen LogP contribution in [0.3, 0.4) is 0 Å². The molecule has 0 atom stereocenters. The van der Waals surface area contributed by atoms with E-state index in [1.807, 2.05) is 0 Å². The number of nitrogens with two attached hydrogens (primary N) is 1. The summed E-state index contributed by atoms with van der Waals surface area (Å²) in [5.74, 6) is -0.404. The van der Waals surface area contributed by atoms with Gasteiger partial charge in [0, 0.05) is 11.3 Å². The van der Waals surface area contributed by atoms with Gasteiger partial charge >= 0.3 is 0 Å². The van der Waals surface area contributed by atoms with Gasteiger partial charge in [-0.1, -0.05) is 0 Å². The van der Waals surface area contributed by atoms with Crippen LogP contribution in [0.4, 0.5) is 15.9 Å². The first-order valence-electron chi connectivity index (χ1n) is 5.82. The first-order valence-corrected chi connectivity index (χ1v) is 7.30. The highest BCUT2D eigenvalue weighted by molar-refractivity contribution is 7.92. The molecule has 20 heavy (non-hydrogen) atoms. The first kappa shape index (κ1) is 14.3. The molecule has 108 valence electrons. The van der Waals surface area contributed by atoms with Gasteiger partial charge in [-0.15, -0.1) is 0 Å². The van der Waals surface area contributed by atoms with Gasteiger partial charge in [-0.3, -0.25) is 9.82 Å². The lowest BCUT2D eigenvalue weighted by atomic mass is 10.2. The Morgan fingerprint density at radius 1 is 1.30 bits per heavy atom. The Morgan fingerprint density at radius 3 is 2.45 bits per heavy atom. The molecule has 0 radical (unpaired) electrons. The Bertz CT molecular complexity index is 745. The van der Waals surface area contributed by atoms with Crippen molar-refractivity contribution in [3.8, 4) is 0 Å². The molecule has 2 aromatic rings. The summed E-state index contributed by atoms with van der Waals surface area (Å²) in [6, 6.07) is 2.31. The zero-order valence-corrected chi connectivity index (χ0v) is 12.1. The third kappa shape index (κ3) is 2.46. The van der Waals surface area contributed by atoms with E-state index in [1.165, 1.54) is 13.0 Å². The number of hydrogen-bond donors (Lipinski definition) is 3. The number of nitrogens with zero attached hydrogens (tertiary/aromatic N) is 1. The number of benzene rings is 1. The lowest BCUT2D eigenvalue weighted by Gasteiger charge is -2.09. The van der Waals surface area contributed by atoms with E-state index in [1.54, 1.807) is 13.8 Å². The molecule has 0 bridgehead atoms.